The SMILES string of the molecule is COC(=O)c1cc2ccccc2c(N=Nc2cc(OC)c(N=Nc3ccc(N(C)C)cc3)cc2OC)c1O. The Labute approximate surface area is 219 Å². The molecule has 4 aromatic rings. The number of ether oxygens (including phenoxy) is 3. The molecule has 4 aromatic carbocycles. The van der Waals surface area contributed by atoms with Gasteiger partial charge >= 0.3 is 5.97 Å². The Hall–Kier alpha value is -4.99. The molecule has 0 aliphatic heterocycles. The fourth-order valence-electron chi connectivity index (χ4n) is 3.74. The summed E-state index contributed by atoms with van der Waals surface area (Å²) >= 11 is 0. The molecule has 0 spiro atoms. The van der Waals surface area contributed by atoms with Crippen LogP contribution in [0, 0.1) is 0 Å². The molecule has 0 aliphatic rings. The van der Waals surface area contributed by atoms with Crippen LogP contribution in [-0.2, 0) is 4.74 Å². The highest BCUT2D eigenvalue weighted by Gasteiger charge is 2.19. The van der Waals surface area contributed by atoms with Crippen molar-refractivity contribution in [2.75, 3.05) is 40.3 Å². The molecule has 0 aromatic heterocycles. The maximum Gasteiger partial charge on any atom is 0.341 e. The lowest BCUT2D eigenvalue weighted by Crippen LogP contribution is -2.07. The maximum absolute atomic E-state index is 12.2. The number of phenolic OH excluding ortho intramolecular Hbond substituents is 1. The number of benzene rings is 4. The molecule has 0 unspecified atom stereocenters. The predicted octanol–water partition coefficient (Wildman–Crippen LogP) is 7.25. The normalized spacial score (nSPS) is 11.3. The number of azo groups is 2. The van der Waals surface area contributed by atoms with Crippen molar-refractivity contribution < 1.29 is 24.1 Å². The first-order chi connectivity index (χ1) is 18.4. The molecular weight excluding hydrogens is 486 g/mol. The van der Waals surface area contributed by atoms with Crippen LogP contribution in [0.25, 0.3) is 10.8 Å². The minimum atomic E-state index is -0.685. The molecule has 38 heavy (non-hydrogen) atoms. The molecule has 0 bridgehead atoms. The second kappa shape index (κ2) is 11.4. The smallest absolute Gasteiger partial charge is 0.341 e. The average Bonchev–Trinajstić information content (AvgIpc) is 2.94. The fourth-order valence-corrected chi connectivity index (χ4v) is 3.74. The Morgan fingerprint density at radius 1 is 0.789 bits per heavy atom. The van der Waals surface area contributed by atoms with Gasteiger partial charge in [0.2, 0.25) is 0 Å². The van der Waals surface area contributed by atoms with E-state index < -0.39 is 5.97 Å². The van der Waals surface area contributed by atoms with Gasteiger partial charge in [-0.25, -0.2) is 4.79 Å². The number of phenols is 1. The van der Waals surface area contributed by atoms with E-state index in [1.807, 2.05) is 49.3 Å². The lowest BCUT2D eigenvalue weighted by atomic mass is 10.0. The molecule has 0 radical (unpaired) electrons. The van der Waals surface area contributed by atoms with Crippen LogP contribution in [-0.4, -0.2) is 46.5 Å². The first kappa shape index (κ1) is 26.1. The molecule has 1 N–H and O–H groups in total. The van der Waals surface area contributed by atoms with Crippen LogP contribution < -0.4 is 14.4 Å². The van der Waals surface area contributed by atoms with Crippen molar-refractivity contribution in [2.24, 2.45) is 20.5 Å². The average molecular weight is 514 g/mol. The lowest BCUT2D eigenvalue weighted by molar-refractivity contribution is 0.0597. The summed E-state index contributed by atoms with van der Waals surface area (Å²) in [7, 11) is 8.17. The predicted molar refractivity (Wildman–Crippen MR) is 146 cm³/mol. The topological polar surface area (TPSA) is 118 Å². The summed E-state index contributed by atoms with van der Waals surface area (Å²) in [5.74, 6) is -0.267. The van der Waals surface area contributed by atoms with Gasteiger partial charge in [0.1, 0.15) is 34.1 Å². The van der Waals surface area contributed by atoms with Gasteiger partial charge in [-0.2, -0.15) is 5.11 Å². The second-order valence-corrected chi connectivity index (χ2v) is 8.34. The zero-order valence-corrected chi connectivity index (χ0v) is 21.7. The minimum Gasteiger partial charge on any atom is -0.505 e. The highest BCUT2D eigenvalue weighted by molar-refractivity contribution is 6.04. The van der Waals surface area contributed by atoms with E-state index in [0.29, 0.717) is 39.3 Å². The second-order valence-electron chi connectivity index (χ2n) is 8.34. The summed E-state index contributed by atoms with van der Waals surface area (Å²) in [6.07, 6.45) is 0. The number of esters is 1. The summed E-state index contributed by atoms with van der Waals surface area (Å²) in [6.45, 7) is 0. The third-order valence-corrected chi connectivity index (χ3v) is 5.78. The van der Waals surface area contributed by atoms with Crippen LogP contribution >= 0.6 is 0 Å². The molecular formula is C28H27N5O5. The van der Waals surface area contributed by atoms with Gasteiger partial charge in [-0.1, -0.05) is 24.3 Å². The number of fused-ring (bicyclic) bond motifs is 1. The van der Waals surface area contributed by atoms with Crippen LogP contribution in [0.15, 0.2) is 87.2 Å². The third kappa shape index (κ3) is 5.39. The highest BCUT2D eigenvalue weighted by atomic mass is 16.5. The van der Waals surface area contributed by atoms with Gasteiger partial charge in [0.15, 0.2) is 5.75 Å². The molecule has 0 fully saturated rings. The van der Waals surface area contributed by atoms with Crippen molar-refractivity contribution in [1.82, 2.24) is 0 Å². The Morgan fingerprint density at radius 3 is 1.97 bits per heavy atom. The summed E-state index contributed by atoms with van der Waals surface area (Å²) < 4.78 is 15.8. The van der Waals surface area contributed by atoms with Crippen molar-refractivity contribution in [3.63, 3.8) is 0 Å². The third-order valence-electron chi connectivity index (χ3n) is 5.78. The van der Waals surface area contributed by atoms with E-state index >= 15 is 0 Å². The quantitative estimate of drug-likeness (QED) is 0.196. The molecule has 10 heteroatoms. The van der Waals surface area contributed by atoms with Gasteiger partial charge in [0.25, 0.3) is 0 Å². The van der Waals surface area contributed by atoms with Crippen molar-refractivity contribution in [3.8, 4) is 17.2 Å². The van der Waals surface area contributed by atoms with E-state index in [9.17, 15) is 9.90 Å². The van der Waals surface area contributed by atoms with Gasteiger partial charge in [-0.05, 0) is 35.7 Å². The molecule has 10 nitrogen and oxygen atoms in total. The minimum absolute atomic E-state index is 0.0148. The van der Waals surface area contributed by atoms with E-state index in [1.165, 1.54) is 21.3 Å². The Balaban J connectivity index is 1.73. The zero-order valence-electron chi connectivity index (χ0n) is 21.7. The monoisotopic (exact) mass is 513 g/mol. The first-order valence-electron chi connectivity index (χ1n) is 11.6. The number of hydrogen-bond acceptors (Lipinski definition) is 10. The van der Waals surface area contributed by atoms with Gasteiger partial charge in [-0.3, -0.25) is 0 Å². The molecule has 0 heterocycles. The van der Waals surface area contributed by atoms with E-state index in [0.717, 1.165) is 5.69 Å². The van der Waals surface area contributed by atoms with Crippen molar-refractivity contribution in [2.45, 2.75) is 0 Å². The van der Waals surface area contributed by atoms with E-state index in [4.69, 9.17) is 14.2 Å². The number of anilines is 1. The zero-order chi connectivity index (χ0) is 27.2. The lowest BCUT2D eigenvalue weighted by Gasteiger charge is -2.11. The number of rotatable bonds is 8. The maximum atomic E-state index is 12.2. The van der Waals surface area contributed by atoms with Crippen molar-refractivity contribution in [3.05, 3.63) is 72.3 Å². The summed E-state index contributed by atoms with van der Waals surface area (Å²) in [6, 6.07) is 19.6. The van der Waals surface area contributed by atoms with E-state index in [2.05, 4.69) is 20.5 Å². The Morgan fingerprint density at radius 2 is 1.39 bits per heavy atom. The molecule has 0 amide bonds. The summed E-state index contributed by atoms with van der Waals surface area (Å²) in [4.78, 5) is 14.2. The van der Waals surface area contributed by atoms with Crippen LogP contribution in [0.1, 0.15) is 10.4 Å². The number of carbonyl (C=O) groups is 1. The molecule has 0 saturated carbocycles. The van der Waals surface area contributed by atoms with E-state index in [1.54, 1.807) is 36.4 Å². The van der Waals surface area contributed by atoms with Gasteiger partial charge < -0.3 is 24.2 Å². The Bertz CT molecular complexity index is 1530. The largest absolute Gasteiger partial charge is 0.505 e. The molecule has 0 aliphatic carbocycles. The number of carbonyl (C=O) groups excluding carboxylic acids is 1. The number of hydrogen-bond donors (Lipinski definition) is 1. The van der Waals surface area contributed by atoms with Gasteiger partial charge in [0.05, 0.1) is 27.0 Å². The Kier molecular flexibility index (Phi) is 7.81. The van der Waals surface area contributed by atoms with Crippen LogP contribution in [0.2, 0.25) is 0 Å². The highest BCUT2D eigenvalue weighted by Crippen LogP contribution is 2.43. The summed E-state index contributed by atoms with van der Waals surface area (Å²) in [5.41, 5.74) is 2.59. The standard InChI is InChI=1S/C28H27N5O5/c1-33(2)19-12-10-18(11-13-19)29-30-22-15-25(37-4)23(16-24(22)36-3)31-32-26-20-9-7-6-8-17(20)14-21(27(26)34)28(35)38-5/h6-16,34H,1-5H3. The number of aromatic hydroxyl groups is 1. The first-order valence-corrected chi connectivity index (χ1v) is 11.6. The molecule has 0 saturated heterocycles. The molecule has 194 valence electrons. The fraction of sp³-hybridized carbons (Fsp3) is 0.179. The summed E-state index contributed by atoms with van der Waals surface area (Å²) in [5, 5.41) is 29.4. The number of methoxy groups -OCH3 is 3. The number of nitrogens with zero attached hydrogens (tertiary/aromatic N) is 5. The van der Waals surface area contributed by atoms with E-state index in [-0.39, 0.29) is 17.0 Å². The molecule has 0 atom stereocenters. The van der Waals surface area contributed by atoms with Crippen LogP contribution in [0.5, 0.6) is 17.2 Å². The van der Waals surface area contributed by atoms with Crippen LogP contribution in [0.3, 0.4) is 0 Å². The van der Waals surface area contributed by atoms with Gasteiger partial charge in [0, 0.05) is 37.3 Å². The molecule has 4 rings (SSSR count). The van der Waals surface area contributed by atoms with Gasteiger partial charge in [-0.15, -0.1) is 15.3 Å². The van der Waals surface area contributed by atoms with Crippen molar-refractivity contribution >= 4 is 45.2 Å². The van der Waals surface area contributed by atoms with Crippen molar-refractivity contribution in [1.29, 1.82) is 0 Å². The van der Waals surface area contributed by atoms with Crippen LogP contribution in [0.4, 0.5) is 28.4 Å².